The lowest BCUT2D eigenvalue weighted by atomic mass is 10.1. The van der Waals surface area contributed by atoms with Crippen LogP contribution in [0.1, 0.15) is 188 Å². The van der Waals surface area contributed by atoms with Gasteiger partial charge in [-0.15, -0.1) is 0 Å². The van der Waals surface area contributed by atoms with Gasteiger partial charge in [0, 0.05) is 12.8 Å². The Kier molecular flexibility index (Phi) is 32.5. The lowest BCUT2D eigenvalue weighted by Gasteiger charge is -2.13. The van der Waals surface area contributed by atoms with E-state index in [0.717, 1.165) is 116 Å². The van der Waals surface area contributed by atoms with Crippen LogP contribution in [0.4, 0.5) is 0 Å². The van der Waals surface area contributed by atoms with Crippen LogP contribution in [0.3, 0.4) is 0 Å². The normalized spacial score (nSPS) is 13.8. The zero-order valence-electron chi connectivity index (χ0n) is 29.7. The molecule has 0 aliphatic heterocycles. The molecule has 6 heteroatoms. The van der Waals surface area contributed by atoms with Crippen LogP contribution in [-0.2, 0) is 19.1 Å². The molecule has 6 nitrogen and oxygen atoms in total. The van der Waals surface area contributed by atoms with Crippen molar-refractivity contribution >= 4 is 11.9 Å². The van der Waals surface area contributed by atoms with Gasteiger partial charge in [0.05, 0.1) is 12.2 Å². The molecule has 3 unspecified atom stereocenters. The fourth-order valence-corrected chi connectivity index (χ4v) is 5.32. The minimum atomic E-state index is -0.418. The van der Waals surface area contributed by atoms with Gasteiger partial charge in [-0.25, -0.2) is 0 Å². The van der Waals surface area contributed by atoms with Gasteiger partial charge >= 0.3 is 11.9 Å². The molecule has 2 N–H and O–H groups in total. The van der Waals surface area contributed by atoms with Crippen LogP contribution in [0, 0.1) is 0 Å². The Morgan fingerprint density at radius 3 is 1.47 bits per heavy atom. The number of hydrogen-bond donors (Lipinski definition) is 2. The molecule has 3 atom stereocenters. The Morgan fingerprint density at radius 2 is 0.978 bits per heavy atom. The monoisotopic (exact) mass is 637 g/mol. The minimum Gasteiger partial charge on any atom is -0.462 e. The molecule has 0 fully saturated rings. The van der Waals surface area contributed by atoms with Crippen LogP contribution >= 0.6 is 0 Å². The number of carbonyl (C=O) groups is 2. The molecule has 0 rings (SSSR count). The maximum atomic E-state index is 12.1. The predicted octanol–water partition coefficient (Wildman–Crippen LogP) is 10.5. The number of aliphatic hydroxyl groups excluding tert-OH is 2. The van der Waals surface area contributed by atoms with E-state index in [2.05, 4.69) is 38.2 Å². The summed E-state index contributed by atoms with van der Waals surface area (Å²) in [4.78, 5) is 24.1. The van der Waals surface area contributed by atoms with E-state index in [4.69, 9.17) is 9.47 Å². The van der Waals surface area contributed by atoms with Crippen molar-refractivity contribution in [2.75, 3.05) is 6.61 Å². The molecule has 0 amide bonds. The second-order valence-electron chi connectivity index (χ2n) is 13.0. The standard InChI is InChI=1S/C39H72O6/c1-4-6-8-22-28-36(40)30-24-18-14-10-12-16-20-26-32-38(42)44-34-35(3)45-39(43)33-27-21-17-13-11-15-19-25-31-37(41)29-23-9-7-5-2/h18-19,24-25,35-37,40-41H,4-17,20-23,26-34H2,1-3H3/b24-18-,25-19-. The number of esters is 2. The highest BCUT2D eigenvalue weighted by molar-refractivity contribution is 5.70. The highest BCUT2D eigenvalue weighted by atomic mass is 16.6. The van der Waals surface area contributed by atoms with Crippen molar-refractivity contribution in [1.29, 1.82) is 0 Å². The summed E-state index contributed by atoms with van der Waals surface area (Å²) in [5.41, 5.74) is 0. The van der Waals surface area contributed by atoms with Crippen molar-refractivity contribution in [3.05, 3.63) is 24.3 Å². The maximum absolute atomic E-state index is 12.1. The fraction of sp³-hybridized carbons (Fsp3) is 0.846. The summed E-state index contributed by atoms with van der Waals surface area (Å²) in [5.74, 6) is -0.439. The first-order valence-corrected chi connectivity index (χ1v) is 18.9. The lowest BCUT2D eigenvalue weighted by molar-refractivity contribution is -0.158. The molecule has 0 saturated heterocycles. The fourth-order valence-electron chi connectivity index (χ4n) is 5.32. The Balaban J connectivity index is 3.56. The Morgan fingerprint density at radius 1 is 0.556 bits per heavy atom. The molecule has 0 spiro atoms. The molecule has 0 aliphatic carbocycles. The molecule has 0 radical (unpaired) electrons. The van der Waals surface area contributed by atoms with E-state index in [1.807, 2.05) is 0 Å². The van der Waals surface area contributed by atoms with Crippen LogP contribution in [-0.4, -0.2) is 47.1 Å². The Bertz CT molecular complexity index is 718. The van der Waals surface area contributed by atoms with Crippen LogP contribution < -0.4 is 0 Å². The van der Waals surface area contributed by atoms with Gasteiger partial charge in [-0.1, -0.05) is 128 Å². The Hall–Kier alpha value is -1.66. The van der Waals surface area contributed by atoms with Gasteiger partial charge in [0.25, 0.3) is 0 Å². The quantitative estimate of drug-likeness (QED) is 0.0423. The van der Waals surface area contributed by atoms with E-state index in [9.17, 15) is 19.8 Å². The number of rotatable bonds is 33. The molecule has 0 heterocycles. The van der Waals surface area contributed by atoms with Crippen molar-refractivity contribution < 1.29 is 29.3 Å². The van der Waals surface area contributed by atoms with Crippen LogP contribution in [0.5, 0.6) is 0 Å². The number of aliphatic hydroxyl groups is 2. The number of hydrogen-bond acceptors (Lipinski definition) is 6. The first-order valence-electron chi connectivity index (χ1n) is 18.9. The topological polar surface area (TPSA) is 93.1 Å². The minimum absolute atomic E-state index is 0.119. The highest BCUT2D eigenvalue weighted by Crippen LogP contribution is 2.13. The third-order valence-corrected chi connectivity index (χ3v) is 8.25. The number of unbranched alkanes of at least 4 members (excludes halogenated alkanes) is 16. The van der Waals surface area contributed by atoms with Gasteiger partial charge < -0.3 is 19.7 Å². The predicted molar refractivity (Wildman–Crippen MR) is 188 cm³/mol. The van der Waals surface area contributed by atoms with Gasteiger partial charge in [0.1, 0.15) is 12.7 Å². The summed E-state index contributed by atoms with van der Waals surface area (Å²) in [6.45, 7) is 6.30. The second-order valence-corrected chi connectivity index (χ2v) is 13.0. The molecule has 264 valence electrons. The second kappa shape index (κ2) is 33.7. The summed E-state index contributed by atoms with van der Waals surface area (Å²) in [7, 11) is 0. The average molecular weight is 637 g/mol. The van der Waals surface area contributed by atoms with E-state index in [-0.39, 0.29) is 30.8 Å². The number of ether oxygens (including phenoxy) is 2. The summed E-state index contributed by atoms with van der Waals surface area (Å²) in [5, 5.41) is 20.0. The van der Waals surface area contributed by atoms with Crippen molar-refractivity contribution in [1.82, 2.24) is 0 Å². The Labute approximate surface area is 277 Å². The first kappa shape index (κ1) is 43.3. The molecule has 45 heavy (non-hydrogen) atoms. The SMILES string of the molecule is CCCCCCC(O)C/C=C\CCCCCCCC(=O)OCC(C)OC(=O)CCCCCCC/C=C\CC(O)CCCCCC. The third-order valence-electron chi connectivity index (χ3n) is 8.25. The van der Waals surface area contributed by atoms with Gasteiger partial charge in [-0.2, -0.15) is 0 Å². The van der Waals surface area contributed by atoms with Crippen molar-refractivity contribution in [3.63, 3.8) is 0 Å². The van der Waals surface area contributed by atoms with Crippen LogP contribution in [0.25, 0.3) is 0 Å². The van der Waals surface area contributed by atoms with Gasteiger partial charge in [-0.3, -0.25) is 9.59 Å². The van der Waals surface area contributed by atoms with E-state index in [0.29, 0.717) is 12.8 Å². The largest absolute Gasteiger partial charge is 0.462 e. The molecule has 0 aromatic rings. The zero-order valence-corrected chi connectivity index (χ0v) is 29.7. The average Bonchev–Trinajstić information content (AvgIpc) is 3.02. The molecule has 0 aliphatic rings. The molecular formula is C39H72O6. The lowest BCUT2D eigenvalue weighted by Crippen LogP contribution is -2.22. The van der Waals surface area contributed by atoms with E-state index >= 15 is 0 Å². The summed E-state index contributed by atoms with van der Waals surface area (Å²) in [6.07, 6.45) is 34.2. The van der Waals surface area contributed by atoms with Crippen molar-refractivity contribution in [3.8, 4) is 0 Å². The van der Waals surface area contributed by atoms with Crippen molar-refractivity contribution in [2.24, 2.45) is 0 Å². The van der Waals surface area contributed by atoms with E-state index in [1.54, 1.807) is 6.92 Å². The number of carbonyl (C=O) groups excluding carboxylic acids is 2. The molecule has 0 aromatic heterocycles. The first-order chi connectivity index (χ1) is 21.9. The smallest absolute Gasteiger partial charge is 0.306 e. The summed E-state index contributed by atoms with van der Waals surface area (Å²) >= 11 is 0. The van der Waals surface area contributed by atoms with Gasteiger partial charge in [0.15, 0.2) is 0 Å². The van der Waals surface area contributed by atoms with Crippen LogP contribution in [0.15, 0.2) is 24.3 Å². The highest BCUT2D eigenvalue weighted by Gasteiger charge is 2.12. The molecule has 0 aromatic carbocycles. The van der Waals surface area contributed by atoms with Gasteiger partial charge in [0.2, 0.25) is 0 Å². The zero-order chi connectivity index (χ0) is 33.2. The van der Waals surface area contributed by atoms with E-state index < -0.39 is 6.10 Å². The molecule has 0 bridgehead atoms. The summed E-state index contributed by atoms with van der Waals surface area (Å²) < 4.78 is 10.7. The third kappa shape index (κ3) is 33.5. The number of allylic oxidation sites excluding steroid dienone is 2. The van der Waals surface area contributed by atoms with Crippen molar-refractivity contribution in [2.45, 2.75) is 206 Å². The molecule has 0 saturated carbocycles. The van der Waals surface area contributed by atoms with E-state index in [1.165, 1.54) is 38.5 Å². The molecular weight excluding hydrogens is 564 g/mol. The summed E-state index contributed by atoms with van der Waals surface area (Å²) in [6, 6.07) is 0. The van der Waals surface area contributed by atoms with Gasteiger partial charge in [-0.05, 0) is 71.1 Å². The van der Waals surface area contributed by atoms with Crippen LogP contribution in [0.2, 0.25) is 0 Å². The maximum Gasteiger partial charge on any atom is 0.306 e.